The number of nitrogens with one attached hydrogen (secondary N) is 2. The molecule has 5 nitrogen and oxygen atoms in total. The molecule has 3 amide bonds. The Morgan fingerprint density at radius 3 is 2.20 bits per heavy atom. The van der Waals surface area contributed by atoms with Gasteiger partial charge in [0, 0.05) is 32.1 Å². The average Bonchev–Trinajstić information content (AvgIpc) is 2.67. The molecule has 1 rings (SSSR count). The maximum absolute atomic E-state index is 12.0. The van der Waals surface area contributed by atoms with Crippen LogP contribution in [0.5, 0.6) is 0 Å². The van der Waals surface area contributed by atoms with E-state index in [4.69, 9.17) is 0 Å². The Morgan fingerprint density at radius 1 is 1.05 bits per heavy atom. The number of carbonyl (C=O) groups excluding carboxylic acids is 2. The lowest BCUT2D eigenvalue weighted by Crippen LogP contribution is -2.44. The fraction of sp³-hybridized carbons (Fsp3) is 0.867. The summed E-state index contributed by atoms with van der Waals surface area (Å²) in [5.41, 5.74) is 0. The van der Waals surface area contributed by atoms with Crippen molar-refractivity contribution in [2.75, 3.05) is 19.6 Å². The van der Waals surface area contributed by atoms with Gasteiger partial charge in [-0.25, -0.2) is 4.79 Å². The van der Waals surface area contributed by atoms with Crippen molar-refractivity contribution in [2.24, 2.45) is 5.92 Å². The molecule has 1 atom stereocenters. The Labute approximate surface area is 122 Å². The minimum Gasteiger partial charge on any atom is -0.343 e. The average molecular weight is 283 g/mol. The third-order valence-electron chi connectivity index (χ3n) is 3.94. The van der Waals surface area contributed by atoms with Gasteiger partial charge in [0.05, 0.1) is 0 Å². The van der Waals surface area contributed by atoms with E-state index >= 15 is 0 Å². The van der Waals surface area contributed by atoms with Crippen LogP contribution in [-0.4, -0.2) is 42.5 Å². The Hall–Kier alpha value is -1.26. The molecule has 0 saturated carbocycles. The molecule has 0 bridgehead atoms. The van der Waals surface area contributed by atoms with Crippen LogP contribution in [-0.2, 0) is 4.79 Å². The highest BCUT2D eigenvalue weighted by atomic mass is 16.2. The van der Waals surface area contributed by atoms with Crippen molar-refractivity contribution in [3.05, 3.63) is 0 Å². The number of amides is 3. The van der Waals surface area contributed by atoms with Crippen LogP contribution in [0.1, 0.15) is 52.9 Å². The Morgan fingerprint density at radius 2 is 1.65 bits per heavy atom. The van der Waals surface area contributed by atoms with Crippen LogP contribution in [0.3, 0.4) is 0 Å². The van der Waals surface area contributed by atoms with Crippen molar-refractivity contribution in [3.63, 3.8) is 0 Å². The minimum atomic E-state index is -0.185. The topological polar surface area (TPSA) is 61.4 Å². The van der Waals surface area contributed by atoms with Gasteiger partial charge < -0.3 is 15.5 Å². The minimum absolute atomic E-state index is 0.135. The van der Waals surface area contributed by atoms with Crippen LogP contribution < -0.4 is 10.6 Å². The van der Waals surface area contributed by atoms with Gasteiger partial charge in [0.2, 0.25) is 5.91 Å². The quantitative estimate of drug-likeness (QED) is 0.812. The van der Waals surface area contributed by atoms with Crippen LogP contribution in [0.15, 0.2) is 0 Å². The molecule has 116 valence electrons. The first kappa shape index (κ1) is 16.8. The summed E-state index contributed by atoms with van der Waals surface area (Å²) in [4.78, 5) is 25.6. The Bertz CT molecular complexity index is 310. The highest BCUT2D eigenvalue weighted by molar-refractivity contribution is 5.78. The summed E-state index contributed by atoms with van der Waals surface area (Å²) in [5.74, 6) is 0.559. The molecule has 0 unspecified atom stereocenters. The first-order chi connectivity index (χ1) is 9.50. The molecule has 1 aliphatic heterocycles. The number of urea groups is 1. The van der Waals surface area contributed by atoms with Gasteiger partial charge in [0.15, 0.2) is 0 Å². The van der Waals surface area contributed by atoms with Crippen molar-refractivity contribution in [1.82, 2.24) is 15.5 Å². The van der Waals surface area contributed by atoms with E-state index in [9.17, 15) is 9.59 Å². The van der Waals surface area contributed by atoms with Gasteiger partial charge in [-0.05, 0) is 25.7 Å². The molecule has 0 spiro atoms. The van der Waals surface area contributed by atoms with E-state index in [1.165, 1.54) is 12.8 Å². The largest absolute Gasteiger partial charge is 0.343 e. The zero-order valence-electron chi connectivity index (χ0n) is 13.1. The number of rotatable bonds is 5. The van der Waals surface area contributed by atoms with Crippen LogP contribution in [0.25, 0.3) is 0 Å². The summed E-state index contributed by atoms with van der Waals surface area (Å²) in [5, 5.41) is 5.62. The van der Waals surface area contributed by atoms with E-state index in [1.807, 2.05) is 11.8 Å². The van der Waals surface area contributed by atoms with Crippen LogP contribution in [0, 0.1) is 5.92 Å². The molecule has 1 heterocycles. The molecule has 1 saturated heterocycles. The summed E-state index contributed by atoms with van der Waals surface area (Å²) in [7, 11) is 0. The van der Waals surface area contributed by atoms with Gasteiger partial charge in [-0.15, -0.1) is 0 Å². The van der Waals surface area contributed by atoms with Crippen molar-refractivity contribution < 1.29 is 9.59 Å². The Kier molecular flexibility index (Phi) is 7.41. The smallest absolute Gasteiger partial charge is 0.315 e. The van der Waals surface area contributed by atoms with E-state index in [-0.39, 0.29) is 18.0 Å². The fourth-order valence-electron chi connectivity index (χ4n) is 2.19. The van der Waals surface area contributed by atoms with Gasteiger partial charge in [0.25, 0.3) is 0 Å². The second kappa shape index (κ2) is 8.82. The molecule has 0 aromatic heterocycles. The van der Waals surface area contributed by atoms with E-state index < -0.39 is 0 Å². The normalized spacial score (nSPS) is 17.5. The molecule has 0 radical (unpaired) electrons. The van der Waals surface area contributed by atoms with Crippen LogP contribution in [0.4, 0.5) is 4.79 Å². The molecular formula is C15H29N3O2. The van der Waals surface area contributed by atoms with Gasteiger partial charge in [-0.2, -0.15) is 0 Å². The fourth-order valence-corrected chi connectivity index (χ4v) is 2.19. The number of carbonyl (C=O) groups is 2. The lowest BCUT2D eigenvalue weighted by molar-refractivity contribution is -0.131. The lowest BCUT2D eigenvalue weighted by atomic mass is 10.1. The van der Waals surface area contributed by atoms with Gasteiger partial charge in [-0.1, -0.05) is 26.7 Å². The maximum Gasteiger partial charge on any atom is 0.315 e. The number of hydrogen-bond donors (Lipinski definition) is 2. The van der Waals surface area contributed by atoms with Crippen LogP contribution >= 0.6 is 0 Å². The highest BCUT2D eigenvalue weighted by Crippen LogP contribution is 2.10. The van der Waals surface area contributed by atoms with Crippen molar-refractivity contribution in [3.8, 4) is 0 Å². The predicted octanol–water partition coefficient (Wildman–Crippen LogP) is 2.12. The third kappa shape index (κ3) is 6.26. The monoisotopic (exact) mass is 283 g/mol. The molecule has 1 fully saturated rings. The molecule has 5 heteroatoms. The molecule has 0 aromatic rings. The summed E-state index contributed by atoms with van der Waals surface area (Å²) in [6.45, 7) is 8.26. The lowest BCUT2D eigenvalue weighted by Gasteiger charge is -2.21. The molecular weight excluding hydrogens is 254 g/mol. The molecule has 20 heavy (non-hydrogen) atoms. The van der Waals surface area contributed by atoms with E-state index in [2.05, 4.69) is 24.5 Å². The molecule has 0 aliphatic carbocycles. The SMILES string of the molecule is CC(C)[C@@H](C)NC(=O)NCCC(=O)N1CCCCCC1. The van der Waals surface area contributed by atoms with Crippen molar-refractivity contribution in [2.45, 2.75) is 58.9 Å². The van der Waals surface area contributed by atoms with Gasteiger partial charge >= 0.3 is 6.03 Å². The third-order valence-corrected chi connectivity index (χ3v) is 3.94. The molecule has 0 aromatic carbocycles. The second-order valence-corrected chi connectivity index (χ2v) is 5.98. The summed E-state index contributed by atoms with van der Waals surface area (Å²) in [6.07, 6.45) is 5.04. The summed E-state index contributed by atoms with van der Waals surface area (Å²) < 4.78 is 0. The zero-order valence-corrected chi connectivity index (χ0v) is 13.1. The number of likely N-dealkylation sites (tertiary alicyclic amines) is 1. The first-order valence-electron chi connectivity index (χ1n) is 7.83. The zero-order chi connectivity index (χ0) is 15.0. The first-order valence-corrected chi connectivity index (χ1v) is 7.83. The number of nitrogens with zero attached hydrogens (tertiary/aromatic N) is 1. The standard InChI is InChI=1S/C15H29N3O2/c1-12(2)13(3)17-15(20)16-9-8-14(19)18-10-6-4-5-7-11-18/h12-13H,4-11H2,1-3H3,(H2,16,17,20)/t13-/m1/s1. The summed E-state index contributed by atoms with van der Waals surface area (Å²) in [6, 6.07) is -0.0498. The maximum atomic E-state index is 12.0. The summed E-state index contributed by atoms with van der Waals surface area (Å²) >= 11 is 0. The molecule has 1 aliphatic rings. The molecule has 2 N–H and O–H groups in total. The predicted molar refractivity (Wildman–Crippen MR) is 80.5 cm³/mol. The van der Waals surface area contributed by atoms with E-state index in [0.717, 1.165) is 25.9 Å². The Balaban J connectivity index is 2.19. The van der Waals surface area contributed by atoms with Crippen LogP contribution in [0.2, 0.25) is 0 Å². The van der Waals surface area contributed by atoms with Crippen molar-refractivity contribution >= 4 is 11.9 Å². The van der Waals surface area contributed by atoms with Gasteiger partial charge in [-0.3, -0.25) is 4.79 Å². The van der Waals surface area contributed by atoms with Gasteiger partial charge in [0.1, 0.15) is 0 Å². The van der Waals surface area contributed by atoms with E-state index in [0.29, 0.717) is 18.9 Å². The van der Waals surface area contributed by atoms with Crippen molar-refractivity contribution in [1.29, 1.82) is 0 Å². The second-order valence-electron chi connectivity index (χ2n) is 5.98. The number of hydrogen-bond acceptors (Lipinski definition) is 2. The van der Waals surface area contributed by atoms with E-state index in [1.54, 1.807) is 0 Å². The highest BCUT2D eigenvalue weighted by Gasteiger charge is 2.15.